The van der Waals surface area contributed by atoms with E-state index in [0.29, 0.717) is 31.4 Å². The molecule has 1 aromatic carbocycles. The van der Waals surface area contributed by atoms with E-state index in [1.165, 1.54) is 31.2 Å². The highest BCUT2D eigenvalue weighted by molar-refractivity contribution is 5.95. The zero-order chi connectivity index (χ0) is 26.5. The van der Waals surface area contributed by atoms with E-state index in [4.69, 9.17) is 21.7 Å². The number of benzene rings is 1. The first-order valence-corrected chi connectivity index (χ1v) is 11.0. The van der Waals surface area contributed by atoms with Crippen molar-refractivity contribution in [3.05, 3.63) is 29.8 Å². The highest BCUT2D eigenvalue weighted by Gasteiger charge is 2.30. The van der Waals surface area contributed by atoms with Crippen LogP contribution in [0, 0.1) is 0 Å². The first kappa shape index (κ1) is 29.3. The number of phenolic OH excluding ortho intramolecular Hbond substituents is 1. The van der Waals surface area contributed by atoms with Gasteiger partial charge in [-0.15, -0.1) is 0 Å². The van der Waals surface area contributed by atoms with Crippen LogP contribution in [-0.4, -0.2) is 75.7 Å². The van der Waals surface area contributed by atoms with E-state index in [-0.39, 0.29) is 12.2 Å². The second-order valence-electron chi connectivity index (χ2n) is 8.05. The second kappa shape index (κ2) is 14.5. The number of carbonyl (C=O) groups excluding carboxylic acids is 3. The maximum absolute atomic E-state index is 13.0. The Balaban J connectivity index is 3.06. The predicted molar refractivity (Wildman–Crippen MR) is 124 cm³/mol. The molecule has 0 heterocycles. The predicted octanol–water partition coefficient (Wildman–Crippen LogP) is -1.58. The number of rotatable bonds is 15. The lowest BCUT2D eigenvalue weighted by Crippen LogP contribution is -2.57. The molecule has 0 radical (unpaired) electrons. The molecule has 4 unspecified atom stereocenters. The number of aliphatic carboxylic acids is 2. The van der Waals surface area contributed by atoms with Gasteiger partial charge in [0.15, 0.2) is 0 Å². The number of carboxylic acids is 2. The molecule has 10 N–H and O–H groups in total. The average molecular weight is 496 g/mol. The van der Waals surface area contributed by atoms with E-state index >= 15 is 0 Å². The van der Waals surface area contributed by atoms with Crippen molar-refractivity contribution in [3.8, 4) is 5.75 Å². The van der Waals surface area contributed by atoms with E-state index in [1.54, 1.807) is 0 Å². The van der Waals surface area contributed by atoms with Gasteiger partial charge < -0.3 is 42.7 Å². The number of nitrogens with one attached hydrogen (secondary N) is 3. The highest BCUT2D eigenvalue weighted by atomic mass is 16.4. The van der Waals surface area contributed by atoms with E-state index in [9.17, 15) is 29.1 Å². The monoisotopic (exact) mass is 495 g/mol. The molecule has 0 saturated heterocycles. The molecular weight excluding hydrogens is 462 g/mol. The molecule has 0 saturated carbocycles. The number of nitrogens with two attached hydrogens (primary N) is 2. The van der Waals surface area contributed by atoms with Gasteiger partial charge in [0.2, 0.25) is 17.7 Å². The third-order valence-electron chi connectivity index (χ3n) is 5.06. The number of unbranched alkanes of at least 4 members (excludes halogenated alkanes) is 1. The summed E-state index contributed by atoms with van der Waals surface area (Å²) in [5.74, 6) is -5.27. The molecule has 4 atom stereocenters. The Morgan fingerprint density at radius 2 is 1.46 bits per heavy atom. The van der Waals surface area contributed by atoms with Crippen LogP contribution >= 0.6 is 0 Å². The van der Waals surface area contributed by atoms with Gasteiger partial charge in [-0.05, 0) is 44.0 Å². The zero-order valence-corrected chi connectivity index (χ0v) is 19.4. The Morgan fingerprint density at radius 1 is 0.886 bits per heavy atom. The quantitative estimate of drug-likeness (QED) is 0.130. The average Bonchev–Trinajstić information content (AvgIpc) is 2.79. The number of hydrogen-bond acceptors (Lipinski definition) is 8. The van der Waals surface area contributed by atoms with Gasteiger partial charge in [0, 0.05) is 6.42 Å². The largest absolute Gasteiger partial charge is 0.508 e. The van der Waals surface area contributed by atoms with Crippen LogP contribution in [0.5, 0.6) is 5.75 Å². The van der Waals surface area contributed by atoms with Crippen LogP contribution in [-0.2, 0) is 30.4 Å². The molecule has 35 heavy (non-hydrogen) atoms. The molecular formula is C22H33N5O8. The third kappa shape index (κ3) is 10.8. The van der Waals surface area contributed by atoms with Gasteiger partial charge in [-0.2, -0.15) is 0 Å². The summed E-state index contributed by atoms with van der Waals surface area (Å²) < 4.78 is 0. The van der Waals surface area contributed by atoms with Crippen LogP contribution in [0.15, 0.2) is 24.3 Å². The standard InChI is InChI=1S/C22H33N5O8/c1-12(22(34)35)25-20(32)17(11-18(29)30)27-21(33)16(10-13-5-7-14(28)8-6-13)26-19(31)15(24)4-2-3-9-23/h5-8,12,15-17,28H,2-4,9-11,23-24H2,1H3,(H,25,32)(H,26,31)(H,27,33)(H,29,30)(H,34,35). The summed E-state index contributed by atoms with van der Waals surface area (Å²) in [6.45, 7) is 1.62. The summed E-state index contributed by atoms with van der Waals surface area (Å²) in [7, 11) is 0. The van der Waals surface area contributed by atoms with Gasteiger partial charge in [-0.1, -0.05) is 18.6 Å². The molecule has 0 spiro atoms. The first-order chi connectivity index (χ1) is 16.4. The second-order valence-corrected chi connectivity index (χ2v) is 8.05. The third-order valence-corrected chi connectivity index (χ3v) is 5.06. The fourth-order valence-electron chi connectivity index (χ4n) is 3.03. The topological polar surface area (TPSA) is 234 Å². The van der Waals surface area contributed by atoms with Gasteiger partial charge in [-0.25, -0.2) is 0 Å². The zero-order valence-electron chi connectivity index (χ0n) is 19.4. The van der Waals surface area contributed by atoms with Crippen molar-refractivity contribution in [3.63, 3.8) is 0 Å². The number of carboxylic acid groups (broad SMARTS) is 2. The number of carbonyl (C=O) groups is 5. The SMILES string of the molecule is CC(NC(=O)C(CC(=O)O)NC(=O)C(Cc1ccc(O)cc1)NC(=O)C(N)CCCCN)C(=O)O. The van der Waals surface area contributed by atoms with Crippen molar-refractivity contribution in [1.29, 1.82) is 0 Å². The molecule has 0 fully saturated rings. The van der Waals surface area contributed by atoms with Crippen LogP contribution < -0.4 is 27.4 Å². The van der Waals surface area contributed by atoms with Gasteiger partial charge in [0.25, 0.3) is 0 Å². The molecule has 0 bridgehead atoms. The molecule has 1 rings (SSSR count). The van der Waals surface area contributed by atoms with Gasteiger partial charge in [-0.3, -0.25) is 24.0 Å². The minimum atomic E-state index is -1.60. The van der Waals surface area contributed by atoms with Crippen LogP contribution in [0.2, 0.25) is 0 Å². The maximum Gasteiger partial charge on any atom is 0.325 e. The molecule has 13 heteroatoms. The number of phenols is 1. The minimum Gasteiger partial charge on any atom is -0.508 e. The summed E-state index contributed by atoms with van der Waals surface area (Å²) in [5.41, 5.74) is 11.9. The van der Waals surface area contributed by atoms with E-state index < -0.39 is 60.2 Å². The summed E-state index contributed by atoms with van der Waals surface area (Å²) in [5, 5.41) is 34.5. The van der Waals surface area contributed by atoms with Crippen LogP contribution in [0.4, 0.5) is 0 Å². The van der Waals surface area contributed by atoms with Gasteiger partial charge >= 0.3 is 11.9 Å². The lowest BCUT2D eigenvalue weighted by atomic mass is 10.0. The van der Waals surface area contributed by atoms with Crippen LogP contribution in [0.1, 0.15) is 38.2 Å². The molecule has 13 nitrogen and oxygen atoms in total. The van der Waals surface area contributed by atoms with Crippen molar-refractivity contribution in [2.45, 2.75) is 63.2 Å². The molecule has 194 valence electrons. The Kier molecular flexibility index (Phi) is 12.2. The summed E-state index contributed by atoms with van der Waals surface area (Å²) in [6.07, 6.45) is 0.720. The Morgan fingerprint density at radius 3 is 2.00 bits per heavy atom. The fraction of sp³-hybridized carbons (Fsp3) is 0.500. The van der Waals surface area contributed by atoms with Crippen molar-refractivity contribution in [2.75, 3.05) is 6.54 Å². The number of amides is 3. The van der Waals surface area contributed by atoms with Gasteiger partial charge in [0.1, 0.15) is 23.9 Å². The molecule has 0 aliphatic carbocycles. The molecule has 0 aliphatic heterocycles. The number of aromatic hydroxyl groups is 1. The van der Waals surface area contributed by atoms with Crippen molar-refractivity contribution < 1.29 is 39.3 Å². The minimum absolute atomic E-state index is 0.00791. The lowest BCUT2D eigenvalue weighted by Gasteiger charge is -2.24. The van der Waals surface area contributed by atoms with Crippen molar-refractivity contribution in [2.24, 2.45) is 11.5 Å². The molecule has 0 aliphatic rings. The van der Waals surface area contributed by atoms with Gasteiger partial charge in [0.05, 0.1) is 12.5 Å². The Labute approximate surface area is 202 Å². The van der Waals surface area contributed by atoms with Crippen molar-refractivity contribution in [1.82, 2.24) is 16.0 Å². The van der Waals surface area contributed by atoms with Crippen LogP contribution in [0.3, 0.4) is 0 Å². The highest BCUT2D eigenvalue weighted by Crippen LogP contribution is 2.12. The first-order valence-electron chi connectivity index (χ1n) is 11.0. The van der Waals surface area contributed by atoms with Crippen molar-refractivity contribution >= 4 is 29.7 Å². The normalized spacial score (nSPS) is 14.1. The number of hydrogen-bond donors (Lipinski definition) is 8. The summed E-state index contributed by atoms with van der Waals surface area (Å²) in [4.78, 5) is 60.3. The Hall–Kier alpha value is -3.71. The smallest absolute Gasteiger partial charge is 0.325 e. The fourth-order valence-corrected chi connectivity index (χ4v) is 3.03. The van der Waals surface area contributed by atoms with Crippen LogP contribution in [0.25, 0.3) is 0 Å². The molecule has 0 aromatic heterocycles. The maximum atomic E-state index is 13.0. The van der Waals surface area contributed by atoms with E-state index in [2.05, 4.69) is 16.0 Å². The molecule has 1 aromatic rings. The molecule has 3 amide bonds. The van der Waals surface area contributed by atoms with E-state index in [1.807, 2.05) is 0 Å². The lowest BCUT2D eigenvalue weighted by molar-refractivity contribution is -0.143. The summed E-state index contributed by atoms with van der Waals surface area (Å²) in [6, 6.07) is 0.739. The summed E-state index contributed by atoms with van der Waals surface area (Å²) >= 11 is 0. The Bertz CT molecular complexity index is 892. The van der Waals surface area contributed by atoms with E-state index in [0.717, 1.165) is 0 Å².